The van der Waals surface area contributed by atoms with Crippen LogP contribution in [0.25, 0.3) is 0 Å². The number of nitro groups is 2. The fraction of sp³-hybridized carbons (Fsp3) is 0.0769. The highest BCUT2D eigenvalue weighted by Crippen LogP contribution is 2.69. The van der Waals surface area contributed by atoms with Crippen LogP contribution in [-0.4, -0.2) is 13.4 Å². The molecule has 0 aliphatic carbocycles. The summed E-state index contributed by atoms with van der Waals surface area (Å²) < 4.78 is 21.0. The lowest BCUT2D eigenvalue weighted by Gasteiger charge is -2.28. The molecule has 0 saturated heterocycles. The zero-order valence-corrected chi connectivity index (χ0v) is 18.8. The summed E-state index contributed by atoms with van der Waals surface area (Å²) in [5, 5.41) is 22.8. The van der Waals surface area contributed by atoms with E-state index in [0.29, 0.717) is 0 Å². The highest BCUT2D eigenvalue weighted by atomic mass is 35.6. The van der Waals surface area contributed by atoms with Crippen LogP contribution in [0.1, 0.15) is 0 Å². The predicted octanol–water partition coefficient (Wildman–Crippen LogP) is 7.25. The van der Waals surface area contributed by atoms with Gasteiger partial charge in [0.2, 0.25) is 11.5 Å². The van der Waals surface area contributed by atoms with E-state index in [1.54, 1.807) is 0 Å². The van der Waals surface area contributed by atoms with Crippen LogP contribution >= 0.6 is 77.4 Å². The Morgan fingerprint density at radius 2 is 1.24 bits per heavy atom. The maximum absolute atomic E-state index is 13.3. The standard InChI is InChI=1S/C13H4Cl5N2O7PS/c14-5-1-7(19(21)22)11-9(3-5)29-10-4-6(15)2-8(20(23)24)12(10)27-28(25,26-11)13(16,17)18/h1-4H. The molecule has 2 aromatic carbocycles. The predicted molar refractivity (Wildman–Crippen MR) is 109 cm³/mol. The molecule has 0 bridgehead atoms. The zero-order chi connectivity index (χ0) is 21.7. The maximum Gasteiger partial charge on any atom is 0.482 e. The molecular weight excluding hydrogens is 536 g/mol. The van der Waals surface area contributed by atoms with Crippen LogP contribution in [0, 0.1) is 20.2 Å². The summed E-state index contributed by atoms with van der Waals surface area (Å²) in [6, 6.07) is 4.37. The number of hydrogen-bond donors (Lipinski definition) is 0. The summed E-state index contributed by atoms with van der Waals surface area (Å²) in [5.74, 6) is -1.10. The molecule has 2 aromatic rings. The molecule has 154 valence electrons. The van der Waals surface area contributed by atoms with Crippen LogP contribution in [0.4, 0.5) is 11.4 Å². The lowest BCUT2D eigenvalue weighted by atomic mass is 10.3. The first-order chi connectivity index (χ1) is 13.3. The van der Waals surface area contributed by atoms with Gasteiger partial charge in [0.05, 0.1) is 19.6 Å². The van der Waals surface area contributed by atoms with Crippen LogP contribution < -0.4 is 9.05 Å². The largest absolute Gasteiger partial charge is 0.482 e. The monoisotopic (exact) mass is 538 g/mol. The van der Waals surface area contributed by atoms with Crippen LogP contribution in [0.3, 0.4) is 0 Å². The molecule has 0 radical (unpaired) electrons. The molecule has 0 spiro atoms. The molecule has 1 aliphatic heterocycles. The van der Waals surface area contributed by atoms with Gasteiger partial charge in [0.25, 0.3) is 0 Å². The van der Waals surface area contributed by atoms with Crippen molar-refractivity contribution in [2.75, 3.05) is 0 Å². The first-order valence-corrected chi connectivity index (χ1v) is 11.3. The van der Waals surface area contributed by atoms with Crippen molar-refractivity contribution in [3.63, 3.8) is 0 Å². The second-order valence-corrected chi connectivity index (χ2v) is 12.3. The molecule has 0 unspecified atom stereocenters. The first-order valence-electron chi connectivity index (χ1n) is 7.02. The molecule has 0 fully saturated rings. The number of rotatable bonds is 2. The molecule has 0 aromatic heterocycles. The Kier molecular flexibility index (Phi) is 6.10. The topological polar surface area (TPSA) is 122 Å². The van der Waals surface area contributed by atoms with Gasteiger partial charge in [-0.15, -0.1) is 0 Å². The summed E-state index contributed by atoms with van der Waals surface area (Å²) >= 11 is 29.9. The lowest BCUT2D eigenvalue weighted by molar-refractivity contribution is -0.385. The SMILES string of the molecule is O=[N+]([O-])c1cc(Cl)cc2c1OP(=O)(C(Cl)(Cl)Cl)Oc1c(cc(Cl)cc1[N+](=O)[O-])S2. The van der Waals surface area contributed by atoms with E-state index in [0.717, 1.165) is 23.9 Å². The highest BCUT2D eigenvalue weighted by Gasteiger charge is 2.54. The van der Waals surface area contributed by atoms with Gasteiger partial charge >= 0.3 is 22.5 Å². The van der Waals surface area contributed by atoms with Gasteiger partial charge < -0.3 is 9.05 Å². The van der Waals surface area contributed by atoms with Gasteiger partial charge in [-0.1, -0.05) is 69.8 Å². The number of fused-ring (bicyclic) bond motifs is 2. The summed E-state index contributed by atoms with van der Waals surface area (Å²) in [5.41, 5.74) is -1.36. The third-order valence-electron chi connectivity index (χ3n) is 3.35. The fourth-order valence-corrected chi connectivity index (χ4v) is 5.69. The van der Waals surface area contributed by atoms with Crippen LogP contribution in [-0.2, 0) is 4.57 Å². The Hall–Kier alpha value is -1.13. The normalized spacial score (nSPS) is 15.1. The number of halogens is 5. The van der Waals surface area contributed by atoms with Crippen molar-refractivity contribution in [2.45, 2.75) is 13.3 Å². The molecule has 3 rings (SSSR count). The third-order valence-corrected chi connectivity index (χ3v) is 8.16. The Labute approximate surface area is 190 Å². The number of hydrogen-bond acceptors (Lipinski definition) is 8. The minimum absolute atomic E-state index is 0.0280. The van der Waals surface area contributed by atoms with Gasteiger partial charge in [0, 0.05) is 22.2 Å². The van der Waals surface area contributed by atoms with Crippen molar-refractivity contribution >= 4 is 88.7 Å². The molecular formula is C13H4Cl5N2O7PS. The van der Waals surface area contributed by atoms with Crippen molar-refractivity contribution in [3.8, 4) is 11.5 Å². The van der Waals surface area contributed by atoms with Crippen molar-refractivity contribution in [3.05, 3.63) is 54.5 Å². The Morgan fingerprint density at radius 1 is 0.862 bits per heavy atom. The molecule has 0 N–H and O–H groups in total. The van der Waals surface area contributed by atoms with E-state index in [2.05, 4.69) is 0 Å². The van der Waals surface area contributed by atoms with E-state index in [1.807, 2.05) is 0 Å². The Bertz CT molecular complexity index is 1030. The van der Waals surface area contributed by atoms with Crippen molar-refractivity contribution in [2.24, 2.45) is 0 Å². The minimum Gasteiger partial charge on any atom is -0.405 e. The maximum atomic E-state index is 13.3. The minimum atomic E-state index is -4.91. The molecule has 0 atom stereocenters. The highest BCUT2D eigenvalue weighted by molar-refractivity contribution is 7.99. The van der Waals surface area contributed by atoms with Crippen LogP contribution in [0.15, 0.2) is 34.1 Å². The summed E-state index contributed by atoms with van der Waals surface area (Å²) in [7, 11) is -4.91. The smallest absolute Gasteiger partial charge is 0.405 e. The summed E-state index contributed by atoms with van der Waals surface area (Å²) in [4.78, 5) is 21.1. The lowest BCUT2D eigenvalue weighted by Crippen LogP contribution is -2.17. The van der Waals surface area contributed by atoms with Gasteiger partial charge in [-0.3, -0.25) is 20.2 Å². The van der Waals surface area contributed by atoms with Crippen LogP contribution in [0.2, 0.25) is 10.0 Å². The van der Waals surface area contributed by atoms with Crippen molar-refractivity contribution in [1.82, 2.24) is 0 Å². The Balaban J connectivity index is 2.40. The van der Waals surface area contributed by atoms with E-state index in [1.165, 1.54) is 12.1 Å². The Morgan fingerprint density at radius 3 is 1.55 bits per heavy atom. The average Bonchev–Trinajstić information content (AvgIpc) is 2.56. The number of alkyl halides is 3. The summed E-state index contributed by atoms with van der Waals surface area (Å²) in [6.45, 7) is 0. The first kappa shape index (κ1) is 22.6. The van der Waals surface area contributed by atoms with Gasteiger partial charge in [-0.2, -0.15) is 0 Å². The molecule has 1 aliphatic rings. The molecule has 29 heavy (non-hydrogen) atoms. The molecule has 16 heteroatoms. The molecule has 0 saturated carbocycles. The second-order valence-electron chi connectivity index (χ2n) is 5.27. The zero-order valence-electron chi connectivity index (χ0n) is 13.3. The van der Waals surface area contributed by atoms with Gasteiger partial charge in [0.1, 0.15) is 0 Å². The number of benzene rings is 2. The van der Waals surface area contributed by atoms with Gasteiger partial charge in [-0.25, -0.2) is 4.57 Å². The fourth-order valence-electron chi connectivity index (χ4n) is 2.20. The van der Waals surface area contributed by atoms with Gasteiger partial charge in [0.15, 0.2) is 0 Å². The van der Waals surface area contributed by atoms with E-state index in [9.17, 15) is 24.8 Å². The molecule has 1 heterocycles. The van der Waals surface area contributed by atoms with E-state index < -0.39 is 43.8 Å². The van der Waals surface area contributed by atoms with Crippen molar-refractivity contribution < 1.29 is 23.5 Å². The van der Waals surface area contributed by atoms with Crippen molar-refractivity contribution in [1.29, 1.82) is 0 Å². The van der Waals surface area contributed by atoms with Crippen LogP contribution in [0.5, 0.6) is 11.5 Å². The second kappa shape index (κ2) is 7.85. The number of nitro benzene ring substituents is 2. The quantitative estimate of drug-likeness (QED) is 0.169. The molecule has 0 amide bonds. The van der Waals surface area contributed by atoms with E-state index in [4.69, 9.17) is 67.1 Å². The summed E-state index contributed by atoms with van der Waals surface area (Å²) in [6.07, 6.45) is 0. The third kappa shape index (κ3) is 4.34. The van der Waals surface area contributed by atoms with E-state index in [-0.39, 0.29) is 19.8 Å². The van der Waals surface area contributed by atoms with E-state index >= 15 is 0 Å². The van der Waals surface area contributed by atoms with Gasteiger partial charge in [-0.05, 0) is 12.1 Å². The number of nitrogens with zero attached hydrogens (tertiary/aromatic N) is 2. The molecule has 9 nitrogen and oxygen atoms in total. The average molecular weight is 540 g/mol.